The van der Waals surface area contributed by atoms with Crippen molar-refractivity contribution < 1.29 is 9.53 Å². The van der Waals surface area contributed by atoms with Crippen LogP contribution in [0, 0.1) is 6.92 Å². The average molecular weight is 428 g/mol. The van der Waals surface area contributed by atoms with Gasteiger partial charge in [-0.25, -0.2) is 4.98 Å². The molecule has 1 unspecified atom stereocenters. The molecule has 1 aromatic heterocycles. The molecule has 1 saturated heterocycles. The monoisotopic (exact) mass is 427 g/mol. The summed E-state index contributed by atoms with van der Waals surface area (Å²) in [4.78, 5) is 22.7. The zero-order chi connectivity index (χ0) is 18.8. The van der Waals surface area contributed by atoms with E-state index in [-0.39, 0.29) is 18.4 Å². The number of aromatic amines is 1. The molecule has 1 N–H and O–H groups in total. The zero-order valence-corrected chi connectivity index (χ0v) is 16.8. The predicted octanol–water partition coefficient (Wildman–Crippen LogP) is 4.42. The number of carbonyl (C=O) groups excluding carboxylic acids is 1. The van der Waals surface area contributed by atoms with E-state index < -0.39 is 0 Å². The molecular weight excluding hydrogens is 406 g/mol. The van der Waals surface area contributed by atoms with Crippen LogP contribution in [0.25, 0.3) is 11.0 Å². The summed E-state index contributed by atoms with van der Waals surface area (Å²) in [5.74, 6) is 1.91. The van der Waals surface area contributed by atoms with E-state index in [9.17, 15) is 4.79 Å². The quantitative estimate of drug-likeness (QED) is 0.670. The first kappa shape index (κ1) is 18.0. The number of hydrogen-bond donors (Lipinski definition) is 1. The molecule has 6 heteroatoms. The largest absolute Gasteiger partial charge is 0.483 e. The summed E-state index contributed by atoms with van der Waals surface area (Å²) >= 11 is 3.44. The number of nitrogens with zero attached hydrogens (tertiary/aromatic N) is 2. The Hall–Kier alpha value is -2.34. The third kappa shape index (κ3) is 4.00. The van der Waals surface area contributed by atoms with Crippen LogP contribution < -0.4 is 4.74 Å². The van der Waals surface area contributed by atoms with Crippen LogP contribution in [0.2, 0.25) is 0 Å². The Morgan fingerprint density at radius 1 is 1.33 bits per heavy atom. The SMILES string of the molecule is Cc1ccc2nc(C3CCCN(C(=O)COc4ccccc4Br)C3)[nH]c2c1. The van der Waals surface area contributed by atoms with Gasteiger partial charge in [0.25, 0.3) is 5.91 Å². The van der Waals surface area contributed by atoms with E-state index in [1.165, 1.54) is 5.56 Å². The summed E-state index contributed by atoms with van der Waals surface area (Å²) in [6, 6.07) is 13.8. The first-order chi connectivity index (χ1) is 13.1. The van der Waals surface area contributed by atoms with Gasteiger partial charge in [0.05, 0.1) is 15.5 Å². The lowest BCUT2D eigenvalue weighted by Crippen LogP contribution is -2.41. The fraction of sp³-hybridized carbons (Fsp3) is 0.333. The van der Waals surface area contributed by atoms with Crippen LogP contribution in [-0.4, -0.2) is 40.5 Å². The number of carbonyl (C=O) groups is 1. The van der Waals surface area contributed by atoms with Gasteiger partial charge in [0, 0.05) is 19.0 Å². The molecule has 0 bridgehead atoms. The molecule has 27 heavy (non-hydrogen) atoms. The maximum atomic E-state index is 12.6. The van der Waals surface area contributed by atoms with E-state index in [1.54, 1.807) is 0 Å². The van der Waals surface area contributed by atoms with E-state index >= 15 is 0 Å². The molecule has 2 heterocycles. The molecule has 0 spiro atoms. The average Bonchev–Trinajstić information content (AvgIpc) is 3.10. The van der Waals surface area contributed by atoms with Crippen LogP contribution in [0.1, 0.15) is 30.1 Å². The highest BCUT2D eigenvalue weighted by Gasteiger charge is 2.27. The Labute approximate surface area is 166 Å². The standard InChI is InChI=1S/C21H22BrN3O2/c1-14-8-9-17-18(11-14)24-21(23-17)15-5-4-10-25(12-15)20(26)13-27-19-7-3-2-6-16(19)22/h2-3,6-9,11,15H,4-5,10,12-13H2,1H3,(H,23,24). The van der Waals surface area contributed by atoms with Crippen molar-refractivity contribution >= 4 is 32.9 Å². The van der Waals surface area contributed by atoms with Gasteiger partial charge >= 0.3 is 0 Å². The second-order valence-corrected chi connectivity index (χ2v) is 7.89. The molecule has 0 aliphatic carbocycles. The van der Waals surface area contributed by atoms with Gasteiger partial charge in [-0.3, -0.25) is 4.79 Å². The van der Waals surface area contributed by atoms with Crippen molar-refractivity contribution in [2.24, 2.45) is 0 Å². The number of imidazole rings is 1. The Morgan fingerprint density at radius 2 is 2.19 bits per heavy atom. The minimum Gasteiger partial charge on any atom is -0.483 e. The fourth-order valence-corrected chi connectivity index (χ4v) is 3.96. The van der Waals surface area contributed by atoms with Gasteiger partial charge in [-0.05, 0) is 65.5 Å². The number of H-pyrrole nitrogens is 1. The first-order valence-corrected chi connectivity index (χ1v) is 10.0. The molecule has 1 atom stereocenters. The molecule has 0 saturated carbocycles. The topological polar surface area (TPSA) is 58.2 Å². The van der Waals surface area contributed by atoms with Gasteiger partial charge in [0.1, 0.15) is 11.6 Å². The first-order valence-electron chi connectivity index (χ1n) is 9.21. The zero-order valence-electron chi connectivity index (χ0n) is 15.2. The van der Waals surface area contributed by atoms with Crippen molar-refractivity contribution in [2.75, 3.05) is 19.7 Å². The molecule has 3 aromatic rings. The number of benzene rings is 2. The fourth-order valence-electron chi connectivity index (χ4n) is 3.56. The number of hydrogen-bond acceptors (Lipinski definition) is 3. The molecule has 2 aromatic carbocycles. The number of rotatable bonds is 4. The number of ether oxygens (including phenoxy) is 1. The number of piperidine rings is 1. The minimum absolute atomic E-state index is 0.0161. The number of nitrogens with one attached hydrogen (secondary N) is 1. The number of likely N-dealkylation sites (tertiary alicyclic amines) is 1. The van der Waals surface area contributed by atoms with E-state index in [0.29, 0.717) is 12.3 Å². The highest BCUT2D eigenvalue weighted by atomic mass is 79.9. The summed E-state index contributed by atoms with van der Waals surface area (Å²) in [5, 5.41) is 0. The highest BCUT2D eigenvalue weighted by Crippen LogP contribution is 2.28. The minimum atomic E-state index is 0.0161. The van der Waals surface area contributed by atoms with Crippen LogP contribution in [-0.2, 0) is 4.79 Å². The lowest BCUT2D eigenvalue weighted by molar-refractivity contribution is -0.134. The Bertz CT molecular complexity index is 969. The van der Waals surface area contributed by atoms with Crippen LogP contribution in [0.3, 0.4) is 0 Å². The highest BCUT2D eigenvalue weighted by molar-refractivity contribution is 9.10. The normalized spacial score (nSPS) is 17.3. The maximum Gasteiger partial charge on any atom is 0.260 e. The lowest BCUT2D eigenvalue weighted by Gasteiger charge is -2.31. The number of halogens is 1. The second kappa shape index (κ2) is 7.72. The molecule has 140 valence electrons. The van der Waals surface area contributed by atoms with Gasteiger partial charge < -0.3 is 14.6 Å². The predicted molar refractivity (Wildman–Crippen MR) is 109 cm³/mol. The van der Waals surface area contributed by atoms with Gasteiger partial charge in [-0.2, -0.15) is 0 Å². The summed E-state index contributed by atoms with van der Waals surface area (Å²) in [7, 11) is 0. The van der Waals surface area contributed by atoms with Crippen molar-refractivity contribution in [3.63, 3.8) is 0 Å². The molecule has 5 nitrogen and oxygen atoms in total. The van der Waals surface area contributed by atoms with Gasteiger partial charge in [0.2, 0.25) is 0 Å². The number of fused-ring (bicyclic) bond motifs is 1. The lowest BCUT2D eigenvalue weighted by atomic mass is 9.97. The van der Waals surface area contributed by atoms with Crippen molar-refractivity contribution in [3.05, 3.63) is 58.3 Å². The summed E-state index contributed by atoms with van der Waals surface area (Å²) in [6.45, 7) is 3.58. The van der Waals surface area contributed by atoms with Crippen molar-refractivity contribution in [2.45, 2.75) is 25.7 Å². The van der Waals surface area contributed by atoms with E-state index in [1.807, 2.05) is 35.2 Å². The van der Waals surface area contributed by atoms with Crippen molar-refractivity contribution in [3.8, 4) is 5.75 Å². The van der Waals surface area contributed by atoms with Crippen molar-refractivity contribution in [1.82, 2.24) is 14.9 Å². The molecule has 0 radical (unpaired) electrons. The number of aromatic nitrogens is 2. The summed E-state index contributed by atoms with van der Waals surface area (Å²) in [5.41, 5.74) is 3.25. The number of aryl methyl sites for hydroxylation is 1. The second-order valence-electron chi connectivity index (χ2n) is 7.04. The molecule has 1 amide bonds. The Kier molecular flexibility index (Phi) is 5.16. The maximum absolute atomic E-state index is 12.6. The van der Waals surface area contributed by atoms with Gasteiger partial charge in [-0.1, -0.05) is 18.2 Å². The van der Waals surface area contributed by atoms with Crippen LogP contribution in [0.5, 0.6) is 5.75 Å². The van der Waals surface area contributed by atoms with Gasteiger partial charge in [-0.15, -0.1) is 0 Å². The van der Waals surface area contributed by atoms with Crippen molar-refractivity contribution in [1.29, 1.82) is 0 Å². The third-order valence-corrected chi connectivity index (χ3v) is 5.66. The van der Waals surface area contributed by atoms with Gasteiger partial charge in [0.15, 0.2) is 6.61 Å². The Balaban J connectivity index is 1.42. The van der Waals surface area contributed by atoms with Crippen LogP contribution in [0.15, 0.2) is 46.9 Å². The third-order valence-electron chi connectivity index (χ3n) is 5.00. The van der Waals surface area contributed by atoms with E-state index in [0.717, 1.165) is 40.7 Å². The molecule has 4 rings (SSSR count). The van der Waals surface area contributed by atoms with E-state index in [4.69, 9.17) is 9.72 Å². The number of para-hydroxylation sites is 1. The molecular formula is C21H22BrN3O2. The van der Waals surface area contributed by atoms with Crippen LogP contribution in [0.4, 0.5) is 0 Å². The summed E-state index contributed by atoms with van der Waals surface area (Å²) < 4.78 is 6.55. The smallest absolute Gasteiger partial charge is 0.260 e. The summed E-state index contributed by atoms with van der Waals surface area (Å²) in [6.07, 6.45) is 2.01. The molecule has 1 aliphatic heterocycles. The number of amides is 1. The molecule has 1 fully saturated rings. The Morgan fingerprint density at radius 3 is 3.04 bits per heavy atom. The van der Waals surface area contributed by atoms with E-state index in [2.05, 4.69) is 40.0 Å². The molecule has 1 aliphatic rings. The van der Waals surface area contributed by atoms with Crippen LogP contribution >= 0.6 is 15.9 Å².